The van der Waals surface area contributed by atoms with Gasteiger partial charge in [0.25, 0.3) is 0 Å². The SMILES string of the molecule is CCNC(c1ccc(F)c2ccccc12)C1CCC(C)O1. The summed E-state index contributed by atoms with van der Waals surface area (Å²) in [6, 6.07) is 11.3. The van der Waals surface area contributed by atoms with Crippen LogP contribution in [0.4, 0.5) is 4.39 Å². The molecule has 0 aliphatic carbocycles. The highest BCUT2D eigenvalue weighted by molar-refractivity contribution is 5.86. The van der Waals surface area contributed by atoms with Crippen LogP contribution in [0.1, 0.15) is 38.3 Å². The number of halogens is 1. The largest absolute Gasteiger partial charge is 0.373 e. The number of rotatable bonds is 4. The van der Waals surface area contributed by atoms with Crippen molar-refractivity contribution in [3.63, 3.8) is 0 Å². The van der Waals surface area contributed by atoms with E-state index in [1.54, 1.807) is 6.07 Å². The first-order valence-electron chi connectivity index (χ1n) is 7.76. The zero-order valence-corrected chi connectivity index (χ0v) is 12.6. The maximum absolute atomic E-state index is 14.0. The molecule has 21 heavy (non-hydrogen) atoms. The van der Waals surface area contributed by atoms with Crippen LogP contribution in [0.3, 0.4) is 0 Å². The van der Waals surface area contributed by atoms with E-state index in [0.717, 1.165) is 30.3 Å². The van der Waals surface area contributed by atoms with Crippen LogP contribution < -0.4 is 5.32 Å². The highest BCUT2D eigenvalue weighted by Crippen LogP contribution is 2.34. The average molecular weight is 287 g/mol. The molecule has 1 N–H and O–H groups in total. The molecule has 0 spiro atoms. The van der Waals surface area contributed by atoms with Crippen LogP contribution in [0, 0.1) is 5.82 Å². The Hall–Kier alpha value is -1.45. The number of hydrogen-bond acceptors (Lipinski definition) is 2. The van der Waals surface area contributed by atoms with E-state index in [-0.39, 0.29) is 18.0 Å². The van der Waals surface area contributed by atoms with Crippen molar-refractivity contribution in [1.29, 1.82) is 0 Å². The molecule has 3 rings (SSSR count). The third kappa shape index (κ3) is 2.81. The van der Waals surface area contributed by atoms with Gasteiger partial charge in [0.2, 0.25) is 0 Å². The van der Waals surface area contributed by atoms with Gasteiger partial charge in [-0.25, -0.2) is 4.39 Å². The molecular weight excluding hydrogens is 265 g/mol. The van der Waals surface area contributed by atoms with Crippen molar-refractivity contribution in [3.8, 4) is 0 Å². The Labute approximate surface area is 125 Å². The maximum Gasteiger partial charge on any atom is 0.131 e. The van der Waals surface area contributed by atoms with Crippen LogP contribution in [-0.4, -0.2) is 18.8 Å². The Bertz CT molecular complexity index is 628. The molecule has 3 unspecified atom stereocenters. The molecule has 0 bridgehead atoms. The molecule has 2 aromatic rings. The highest BCUT2D eigenvalue weighted by Gasteiger charge is 2.31. The topological polar surface area (TPSA) is 21.3 Å². The Morgan fingerprint density at radius 2 is 1.95 bits per heavy atom. The first-order chi connectivity index (χ1) is 10.2. The predicted molar refractivity (Wildman–Crippen MR) is 83.9 cm³/mol. The highest BCUT2D eigenvalue weighted by atomic mass is 19.1. The van der Waals surface area contributed by atoms with Crippen molar-refractivity contribution in [1.82, 2.24) is 5.32 Å². The fraction of sp³-hybridized carbons (Fsp3) is 0.444. The van der Waals surface area contributed by atoms with Gasteiger partial charge in [-0.05, 0) is 43.3 Å². The zero-order valence-electron chi connectivity index (χ0n) is 12.6. The Balaban J connectivity index is 2.05. The number of likely N-dealkylation sites (N-methyl/N-ethyl adjacent to an activating group) is 1. The lowest BCUT2D eigenvalue weighted by atomic mass is 9.93. The molecule has 1 heterocycles. The van der Waals surface area contributed by atoms with Gasteiger partial charge < -0.3 is 10.1 Å². The lowest BCUT2D eigenvalue weighted by Gasteiger charge is -2.26. The predicted octanol–water partition coefficient (Wildman–Crippen LogP) is 4.20. The minimum Gasteiger partial charge on any atom is -0.373 e. The molecule has 2 nitrogen and oxygen atoms in total. The van der Waals surface area contributed by atoms with E-state index in [0.29, 0.717) is 11.5 Å². The Kier molecular flexibility index (Phi) is 4.22. The molecule has 1 aliphatic rings. The van der Waals surface area contributed by atoms with Crippen molar-refractivity contribution < 1.29 is 9.13 Å². The van der Waals surface area contributed by atoms with E-state index < -0.39 is 0 Å². The molecule has 0 radical (unpaired) electrons. The monoisotopic (exact) mass is 287 g/mol. The van der Waals surface area contributed by atoms with Crippen molar-refractivity contribution in [2.24, 2.45) is 0 Å². The summed E-state index contributed by atoms with van der Waals surface area (Å²) in [7, 11) is 0. The Morgan fingerprint density at radius 3 is 2.62 bits per heavy atom. The van der Waals surface area contributed by atoms with Crippen LogP contribution in [-0.2, 0) is 4.74 Å². The molecule has 0 aromatic heterocycles. The van der Waals surface area contributed by atoms with Gasteiger partial charge in [0.05, 0.1) is 18.2 Å². The molecule has 3 heteroatoms. The third-order valence-corrected chi connectivity index (χ3v) is 4.30. The minimum atomic E-state index is -0.162. The van der Waals surface area contributed by atoms with E-state index in [1.165, 1.54) is 0 Å². The summed E-state index contributed by atoms with van der Waals surface area (Å²) in [5.74, 6) is -0.162. The summed E-state index contributed by atoms with van der Waals surface area (Å²) in [4.78, 5) is 0. The summed E-state index contributed by atoms with van der Waals surface area (Å²) in [6.45, 7) is 5.08. The standard InChI is InChI=1S/C18H22FNO/c1-3-20-18(17-11-8-12(2)21-17)15-9-10-16(19)14-7-5-4-6-13(14)15/h4-7,9-10,12,17-18,20H,3,8,11H2,1-2H3. The second-order valence-electron chi connectivity index (χ2n) is 5.78. The second kappa shape index (κ2) is 6.12. The number of fused-ring (bicyclic) bond motifs is 1. The van der Waals surface area contributed by atoms with Gasteiger partial charge in [-0.2, -0.15) is 0 Å². The molecule has 0 amide bonds. The van der Waals surface area contributed by atoms with Crippen LogP contribution in [0.5, 0.6) is 0 Å². The molecule has 112 valence electrons. The normalized spacial score (nSPS) is 23.6. The van der Waals surface area contributed by atoms with Crippen molar-refractivity contribution in [2.45, 2.75) is 44.9 Å². The van der Waals surface area contributed by atoms with Crippen LogP contribution in [0.2, 0.25) is 0 Å². The van der Waals surface area contributed by atoms with E-state index in [2.05, 4.69) is 19.2 Å². The fourth-order valence-corrected chi connectivity index (χ4v) is 3.30. The number of hydrogen-bond donors (Lipinski definition) is 1. The molecular formula is C18H22FNO. The number of ether oxygens (including phenoxy) is 1. The van der Waals surface area contributed by atoms with Crippen LogP contribution in [0.15, 0.2) is 36.4 Å². The number of benzene rings is 2. The first-order valence-corrected chi connectivity index (χ1v) is 7.76. The van der Waals surface area contributed by atoms with Gasteiger partial charge in [-0.15, -0.1) is 0 Å². The summed E-state index contributed by atoms with van der Waals surface area (Å²) in [6.07, 6.45) is 2.60. The van der Waals surface area contributed by atoms with E-state index >= 15 is 0 Å². The summed E-state index contributed by atoms with van der Waals surface area (Å²) in [5.41, 5.74) is 1.13. The summed E-state index contributed by atoms with van der Waals surface area (Å²) >= 11 is 0. The molecule has 1 fully saturated rings. The quantitative estimate of drug-likeness (QED) is 0.910. The fourth-order valence-electron chi connectivity index (χ4n) is 3.30. The molecule has 1 aliphatic heterocycles. The molecule has 2 aromatic carbocycles. The van der Waals surface area contributed by atoms with Crippen LogP contribution in [0.25, 0.3) is 10.8 Å². The first kappa shape index (κ1) is 14.5. The lowest BCUT2D eigenvalue weighted by Crippen LogP contribution is -2.32. The van der Waals surface area contributed by atoms with E-state index in [9.17, 15) is 4.39 Å². The lowest BCUT2D eigenvalue weighted by molar-refractivity contribution is 0.0322. The van der Waals surface area contributed by atoms with E-state index in [4.69, 9.17) is 4.74 Å². The second-order valence-corrected chi connectivity index (χ2v) is 5.78. The zero-order chi connectivity index (χ0) is 14.8. The van der Waals surface area contributed by atoms with Crippen molar-refractivity contribution in [3.05, 3.63) is 47.8 Å². The van der Waals surface area contributed by atoms with Gasteiger partial charge in [0, 0.05) is 5.39 Å². The van der Waals surface area contributed by atoms with Gasteiger partial charge in [0.1, 0.15) is 5.82 Å². The summed E-state index contributed by atoms with van der Waals surface area (Å²) < 4.78 is 20.1. The summed E-state index contributed by atoms with van der Waals surface area (Å²) in [5, 5.41) is 5.19. The van der Waals surface area contributed by atoms with Gasteiger partial charge in [0.15, 0.2) is 0 Å². The maximum atomic E-state index is 14.0. The molecule has 1 saturated heterocycles. The average Bonchev–Trinajstić information content (AvgIpc) is 2.92. The van der Waals surface area contributed by atoms with Gasteiger partial charge >= 0.3 is 0 Å². The Morgan fingerprint density at radius 1 is 1.19 bits per heavy atom. The third-order valence-electron chi connectivity index (χ3n) is 4.30. The molecule has 0 saturated carbocycles. The van der Waals surface area contributed by atoms with Crippen LogP contribution >= 0.6 is 0 Å². The van der Waals surface area contributed by atoms with Gasteiger partial charge in [-0.1, -0.05) is 37.3 Å². The molecule has 3 atom stereocenters. The number of nitrogens with one attached hydrogen (secondary N) is 1. The van der Waals surface area contributed by atoms with Crippen molar-refractivity contribution in [2.75, 3.05) is 6.54 Å². The van der Waals surface area contributed by atoms with E-state index in [1.807, 2.05) is 30.3 Å². The van der Waals surface area contributed by atoms with Crippen molar-refractivity contribution >= 4 is 10.8 Å². The van der Waals surface area contributed by atoms with Gasteiger partial charge in [-0.3, -0.25) is 0 Å². The minimum absolute atomic E-state index is 0.116. The smallest absolute Gasteiger partial charge is 0.131 e.